The lowest BCUT2D eigenvalue weighted by atomic mass is 9.93. The quantitative estimate of drug-likeness (QED) is 0.478. The molecule has 2 amide bonds. The van der Waals surface area contributed by atoms with Gasteiger partial charge in [-0.1, -0.05) is 36.4 Å². The van der Waals surface area contributed by atoms with Crippen LogP contribution in [0.15, 0.2) is 60.7 Å². The van der Waals surface area contributed by atoms with Crippen molar-refractivity contribution in [1.82, 2.24) is 10.6 Å². The third kappa shape index (κ3) is 4.37. The molecule has 0 saturated carbocycles. The number of carbonyl (C=O) groups excluding carboxylic acids is 2. The number of hydrogen-bond donors (Lipinski definition) is 5. The van der Waals surface area contributed by atoms with E-state index in [0.717, 1.165) is 0 Å². The van der Waals surface area contributed by atoms with Gasteiger partial charge in [0.1, 0.15) is 18.2 Å². The van der Waals surface area contributed by atoms with Gasteiger partial charge in [0.2, 0.25) is 0 Å². The number of aliphatic hydroxyl groups excluding tert-OH is 3. The highest BCUT2D eigenvalue weighted by molar-refractivity contribution is 5.95. The van der Waals surface area contributed by atoms with Crippen LogP contribution in [0.25, 0.3) is 0 Å². The number of aliphatic hydroxyl groups is 3. The van der Waals surface area contributed by atoms with E-state index in [0.29, 0.717) is 11.1 Å². The lowest BCUT2D eigenvalue weighted by Crippen LogP contribution is -2.69. The molecule has 0 unspecified atom stereocenters. The first kappa shape index (κ1) is 20.0. The number of ether oxygens (including phenoxy) is 1. The van der Waals surface area contributed by atoms with Crippen molar-refractivity contribution in [2.75, 3.05) is 6.61 Å². The molecule has 1 fully saturated rings. The Morgan fingerprint density at radius 3 is 1.75 bits per heavy atom. The minimum Gasteiger partial charge on any atom is -0.394 e. The van der Waals surface area contributed by atoms with Crippen molar-refractivity contribution in [3.05, 3.63) is 71.8 Å². The Morgan fingerprint density at radius 2 is 1.29 bits per heavy atom. The maximum Gasteiger partial charge on any atom is 0.251 e. The van der Waals surface area contributed by atoms with E-state index in [-0.39, 0.29) is 0 Å². The minimum atomic E-state index is -1.53. The van der Waals surface area contributed by atoms with Gasteiger partial charge in [-0.3, -0.25) is 9.59 Å². The average molecular weight is 386 g/mol. The zero-order valence-electron chi connectivity index (χ0n) is 14.9. The van der Waals surface area contributed by atoms with Crippen LogP contribution in [-0.4, -0.2) is 64.3 Å². The highest BCUT2D eigenvalue weighted by Gasteiger charge is 2.46. The summed E-state index contributed by atoms with van der Waals surface area (Å²) in [6, 6.07) is 14.4. The molecule has 0 bridgehead atoms. The van der Waals surface area contributed by atoms with Crippen LogP contribution in [0.2, 0.25) is 0 Å². The minimum absolute atomic E-state index is 0.349. The molecule has 1 heterocycles. The first-order chi connectivity index (χ1) is 13.5. The second kappa shape index (κ2) is 8.94. The van der Waals surface area contributed by atoms with Gasteiger partial charge in [-0.05, 0) is 24.3 Å². The molecule has 0 spiro atoms. The number of amides is 2. The summed E-state index contributed by atoms with van der Waals surface area (Å²) in [4.78, 5) is 25.0. The molecule has 3 rings (SSSR count). The van der Waals surface area contributed by atoms with Gasteiger partial charge in [0.15, 0.2) is 6.29 Å². The zero-order chi connectivity index (χ0) is 20.1. The molecule has 148 valence electrons. The first-order valence-corrected chi connectivity index (χ1v) is 8.85. The van der Waals surface area contributed by atoms with Gasteiger partial charge >= 0.3 is 0 Å². The van der Waals surface area contributed by atoms with Crippen molar-refractivity contribution >= 4 is 11.8 Å². The van der Waals surface area contributed by atoms with Crippen LogP contribution < -0.4 is 10.6 Å². The van der Waals surface area contributed by atoms with E-state index < -0.39 is 49.0 Å². The molecule has 0 aliphatic carbocycles. The van der Waals surface area contributed by atoms with Gasteiger partial charge in [-0.25, -0.2) is 0 Å². The van der Waals surface area contributed by atoms with Crippen LogP contribution >= 0.6 is 0 Å². The third-order valence-electron chi connectivity index (χ3n) is 4.60. The molecular weight excluding hydrogens is 364 g/mol. The number of benzene rings is 2. The van der Waals surface area contributed by atoms with Crippen molar-refractivity contribution in [3.63, 3.8) is 0 Å². The van der Waals surface area contributed by atoms with Gasteiger partial charge in [0.25, 0.3) is 11.8 Å². The fraction of sp³-hybridized carbons (Fsp3) is 0.300. The second-order valence-corrected chi connectivity index (χ2v) is 6.47. The predicted octanol–water partition coefficient (Wildman–Crippen LogP) is -0.346. The molecule has 0 radical (unpaired) electrons. The van der Waals surface area contributed by atoms with Crippen molar-refractivity contribution in [2.45, 2.75) is 30.6 Å². The van der Waals surface area contributed by atoms with E-state index in [9.17, 15) is 24.9 Å². The number of rotatable bonds is 5. The average Bonchev–Trinajstić information content (AvgIpc) is 2.73. The Morgan fingerprint density at radius 1 is 0.821 bits per heavy atom. The van der Waals surface area contributed by atoms with E-state index in [1.165, 1.54) is 0 Å². The summed E-state index contributed by atoms with van der Waals surface area (Å²) in [5, 5.41) is 35.5. The normalized spacial score (nSPS) is 27.0. The molecular formula is C20H22N2O6. The van der Waals surface area contributed by atoms with E-state index >= 15 is 0 Å². The van der Waals surface area contributed by atoms with E-state index in [2.05, 4.69) is 10.6 Å². The van der Waals surface area contributed by atoms with Crippen molar-refractivity contribution in [3.8, 4) is 0 Å². The molecule has 1 aliphatic rings. The highest BCUT2D eigenvalue weighted by Crippen LogP contribution is 2.21. The molecule has 2 aromatic carbocycles. The summed E-state index contributed by atoms with van der Waals surface area (Å²) < 4.78 is 5.20. The summed E-state index contributed by atoms with van der Waals surface area (Å²) in [5.74, 6) is -0.990. The van der Waals surface area contributed by atoms with Gasteiger partial charge in [-0.15, -0.1) is 0 Å². The van der Waals surface area contributed by atoms with Crippen molar-refractivity contribution in [2.24, 2.45) is 0 Å². The monoisotopic (exact) mass is 386 g/mol. The largest absolute Gasteiger partial charge is 0.394 e. The van der Waals surface area contributed by atoms with E-state index in [4.69, 9.17) is 4.74 Å². The molecule has 5 N–H and O–H groups in total. The SMILES string of the molecule is O=C(N[C@@H]1[C@@H](NC(=O)c2ccccc2)[C@H](O)[C@@H](CO)O[C@H]1O)c1ccccc1. The summed E-state index contributed by atoms with van der Waals surface area (Å²) in [7, 11) is 0. The van der Waals surface area contributed by atoms with Crippen LogP contribution in [0, 0.1) is 0 Å². The number of nitrogens with one attached hydrogen (secondary N) is 2. The maximum absolute atomic E-state index is 12.5. The fourth-order valence-electron chi connectivity index (χ4n) is 3.10. The lowest BCUT2D eigenvalue weighted by molar-refractivity contribution is -0.228. The van der Waals surface area contributed by atoms with Gasteiger partial charge in [0, 0.05) is 11.1 Å². The molecule has 28 heavy (non-hydrogen) atoms. The molecule has 8 heteroatoms. The lowest BCUT2D eigenvalue weighted by Gasteiger charge is -2.43. The molecule has 2 aromatic rings. The van der Waals surface area contributed by atoms with Crippen molar-refractivity contribution in [1.29, 1.82) is 0 Å². The van der Waals surface area contributed by atoms with Crippen LogP contribution in [0.5, 0.6) is 0 Å². The first-order valence-electron chi connectivity index (χ1n) is 8.85. The Labute approximate surface area is 161 Å². The van der Waals surface area contributed by atoms with Gasteiger partial charge < -0.3 is 30.7 Å². The van der Waals surface area contributed by atoms with E-state index in [1.807, 2.05) is 0 Å². The molecule has 5 atom stereocenters. The number of hydrogen-bond acceptors (Lipinski definition) is 6. The van der Waals surface area contributed by atoms with Crippen LogP contribution in [-0.2, 0) is 4.74 Å². The van der Waals surface area contributed by atoms with Crippen LogP contribution in [0.3, 0.4) is 0 Å². The zero-order valence-corrected chi connectivity index (χ0v) is 14.9. The molecule has 8 nitrogen and oxygen atoms in total. The Balaban J connectivity index is 1.82. The predicted molar refractivity (Wildman–Crippen MR) is 99.4 cm³/mol. The van der Waals surface area contributed by atoms with Gasteiger partial charge in [0.05, 0.1) is 12.6 Å². The fourth-order valence-corrected chi connectivity index (χ4v) is 3.10. The highest BCUT2D eigenvalue weighted by atomic mass is 16.6. The Kier molecular flexibility index (Phi) is 6.37. The van der Waals surface area contributed by atoms with Crippen LogP contribution in [0.1, 0.15) is 20.7 Å². The summed E-state index contributed by atoms with van der Waals surface area (Å²) in [6.45, 7) is -0.560. The number of carbonyl (C=O) groups is 2. The third-order valence-corrected chi connectivity index (χ3v) is 4.60. The smallest absolute Gasteiger partial charge is 0.251 e. The summed E-state index contributed by atoms with van der Waals surface area (Å²) in [6.07, 6.45) is -3.99. The molecule has 0 aromatic heterocycles. The standard InChI is InChI=1S/C20H22N2O6/c23-11-14-17(24)15(21-18(25)12-7-3-1-4-8-12)16(20(27)28-14)22-19(26)13-9-5-2-6-10-13/h1-10,14-17,20,23-24,27H,11H2,(H,21,25)(H,22,26)/t14-,15-,16-,17-,20-/m1/s1. The Bertz CT molecular complexity index is 801. The maximum atomic E-state index is 12.5. The van der Waals surface area contributed by atoms with Crippen LogP contribution in [0.4, 0.5) is 0 Å². The van der Waals surface area contributed by atoms with Crippen molar-refractivity contribution < 1.29 is 29.6 Å². The Hall–Kier alpha value is -2.78. The van der Waals surface area contributed by atoms with Gasteiger partial charge in [-0.2, -0.15) is 0 Å². The molecule has 1 aliphatic heterocycles. The van der Waals surface area contributed by atoms with E-state index in [1.54, 1.807) is 60.7 Å². The topological polar surface area (TPSA) is 128 Å². The summed E-state index contributed by atoms with van der Waals surface area (Å²) >= 11 is 0. The molecule has 1 saturated heterocycles. The second-order valence-electron chi connectivity index (χ2n) is 6.47. The summed E-state index contributed by atoms with van der Waals surface area (Å²) in [5.41, 5.74) is 0.700.